The third-order valence-electron chi connectivity index (χ3n) is 3.64. The molecule has 2 aromatic carbocycles. The molecule has 4 aromatic rings. The molecular formula is C17H13ClN4S. The summed E-state index contributed by atoms with van der Waals surface area (Å²) in [7, 11) is 0. The molecule has 0 amide bonds. The fourth-order valence-corrected chi connectivity index (χ4v) is 3.64. The second kappa shape index (κ2) is 6.10. The Morgan fingerprint density at radius 2 is 1.70 bits per heavy atom. The van der Waals surface area contributed by atoms with Gasteiger partial charge in [0, 0.05) is 12.0 Å². The molecule has 4 rings (SSSR count). The average molecular weight is 341 g/mol. The molecule has 2 heterocycles. The second-order valence-electron chi connectivity index (χ2n) is 5.18. The molecule has 0 saturated heterocycles. The van der Waals surface area contributed by atoms with E-state index in [-0.39, 0.29) is 0 Å². The minimum absolute atomic E-state index is 0.697. The van der Waals surface area contributed by atoms with Crippen LogP contribution in [0.2, 0.25) is 5.02 Å². The van der Waals surface area contributed by atoms with Gasteiger partial charge in [0.2, 0.25) is 4.96 Å². The van der Waals surface area contributed by atoms with Gasteiger partial charge in [-0.15, -0.1) is 10.2 Å². The molecule has 0 aliphatic heterocycles. The van der Waals surface area contributed by atoms with Crippen molar-refractivity contribution >= 4 is 27.9 Å². The van der Waals surface area contributed by atoms with Gasteiger partial charge in [-0.3, -0.25) is 0 Å². The first-order chi connectivity index (χ1) is 11.3. The van der Waals surface area contributed by atoms with Crippen LogP contribution in [0.4, 0.5) is 0 Å². The van der Waals surface area contributed by atoms with Crippen LogP contribution in [0.1, 0.15) is 11.4 Å². The van der Waals surface area contributed by atoms with Gasteiger partial charge in [-0.2, -0.15) is 9.61 Å². The molecule has 0 radical (unpaired) electrons. The number of nitrogens with zero attached hydrogens (tertiary/aromatic N) is 4. The van der Waals surface area contributed by atoms with E-state index in [0.717, 1.165) is 34.2 Å². The molecule has 2 aromatic heterocycles. The van der Waals surface area contributed by atoms with Gasteiger partial charge >= 0.3 is 0 Å². The number of aromatic nitrogens is 4. The first-order valence-electron chi connectivity index (χ1n) is 7.31. The van der Waals surface area contributed by atoms with Crippen LogP contribution < -0.4 is 0 Å². The standard InChI is InChI=1S/C17H13ClN4S/c18-14-9-5-4-8-13(14)16-21-22-15(19-20-17(22)23-16)11-10-12-6-2-1-3-7-12/h1-9H,10-11H2. The van der Waals surface area contributed by atoms with Crippen molar-refractivity contribution in [1.29, 1.82) is 0 Å². The van der Waals surface area contributed by atoms with Crippen LogP contribution in [0, 0.1) is 0 Å². The van der Waals surface area contributed by atoms with E-state index < -0.39 is 0 Å². The molecule has 6 heteroatoms. The lowest BCUT2D eigenvalue weighted by Gasteiger charge is -1.99. The lowest BCUT2D eigenvalue weighted by molar-refractivity contribution is 0.793. The summed E-state index contributed by atoms with van der Waals surface area (Å²) in [6.45, 7) is 0. The summed E-state index contributed by atoms with van der Waals surface area (Å²) in [6.07, 6.45) is 1.72. The highest BCUT2D eigenvalue weighted by molar-refractivity contribution is 7.19. The van der Waals surface area contributed by atoms with Gasteiger partial charge in [0.05, 0.1) is 5.02 Å². The lowest BCUT2D eigenvalue weighted by atomic mass is 10.1. The van der Waals surface area contributed by atoms with Crippen LogP contribution in [-0.4, -0.2) is 19.8 Å². The van der Waals surface area contributed by atoms with Crippen molar-refractivity contribution in [2.75, 3.05) is 0 Å². The number of halogens is 1. The van der Waals surface area contributed by atoms with E-state index in [1.54, 1.807) is 0 Å². The summed E-state index contributed by atoms with van der Waals surface area (Å²) < 4.78 is 1.83. The minimum Gasteiger partial charge on any atom is -0.187 e. The molecule has 0 fully saturated rings. The Labute approximate surface area is 142 Å². The average Bonchev–Trinajstić information content (AvgIpc) is 3.15. The van der Waals surface area contributed by atoms with Crippen LogP contribution in [0.5, 0.6) is 0 Å². The summed E-state index contributed by atoms with van der Waals surface area (Å²) in [5, 5.41) is 14.7. The van der Waals surface area contributed by atoms with Crippen LogP contribution in [0.25, 0.3) is 15.5 Å². The maximum absolute atomic E-state index is 6.26. The number of hydrogen-bond acceptors (Lipinski definition) is 4. The van der Waals surface area contributed by atoms with Gasteiger partial charge in [-0.25, -0.2) is 0 Å². The highest BCUT2D eigenvalue weighted by atomic mass is 35.5. The van der Waals surface area contributed by atoms with Crippen molar-refractivity contribution < 1.29 is 0 Å². The maximum Gasteiger partial charge on any atom is 0.234 e. The van der Waals surface area contributed by atoms with Crippen molar-refractivity contribution in [3.8, 4) is 10.6 Å². The Balaban J connectivity index is 1.63. The van der Waals surface area contributed by atoms with E-state index in [1.807, 2.05) is 47.0 Å². The quantitative estimate of drug-likeness (QED) is 0.556. The minimum atomic E-state index is 0.697. The third-order valence-corrected chi connectivity index (χ3v) is 4.90. The van der Waals surface area contributed by atoms with Gasteiger partial charge in [0.1, 0.15) is 5.01 Å². The summed E-state index contributed by atoms with van der Waals surface area (Å²) in [6, 6.07) is 18.1. The Kier molecular flexibility index (Phi) is 3.81. The van der Waals surface area contributed by atoms with Crippen LogP contribution >= 0.6 is 22.9 Å². The highest BCUT2D eigenvalue weighted by Crippen LogP contribution is 2.31. The smallest absolute Gasteiger partial charge is 0.187 e. The van der Waals surface area contributed by atoms with Crippen LogP contribution in [-0.2, 0) is 12.8 Å². The van der Waals surface area contributed by atoms with Crippen LogP contribution in [0.15, 0.2) is 54.6 Å². The van der Waals surface area contributed by atoms with Gasteiger partial charge in [-0.05, 0) is 18.1 Å². The molecule has 0 N–H and O–H groups in total. The normalized spacial score (nSPS) is 11.2. The van der Waals surface area contributed by atoms with Crippen molar-refractivity contribution in [3.05, 3.63) is 71.0 Å². The summed E-state index contributed by atoms with van der Waals surface area (Å²) in [5.74, 6) is 0.874. The number of rotatable bonds is 4. The summed E-state index contributed by atoms with van der Waals surface area (Å²) >= 11 is 7.76. The SMILES string of the molecule is Clc1ccccc1-c1nn2c(CCc3ccccc3)nnc2s1. The Hall–Kier alpha value is -2.24. The largest absolute Gasteiger partial charge is 0.234 e. The van der Waals surface area contributed by atoms with Crippen molar-refractivity contribution in [2.45, 2.75) is 12.8 Å². The van der Waals surface area contributed by atoms with Crippen molar-refractivity contribution in [3.63, 3.8) is 0 Å². The number of benzene rings is 2. The molecule has 0 bridgehead atoms. The molecule has 4 nitrogen and oxygen atoms in total. The predicted octanol–water partition coefficient (Wildman–Crippen LogP) is 4.29. The molecular weight excluding hydrogens is 328 g/mol. The molecule has 0 spiro atoms. The predicted molar refractivity (Wildman–Crippen MR) is 93.0 cm³/mol. The summed E-state index contributed by atoms with van der Waals surface area (Å²) in [4.78, 5) is 0.794. The molecule has 0 unspecified atom stereocenters. The number of fused-ring (bicyclic) bond motifs is 1. The van der Waals surface area contributed by atoms with E-state index in [9.17, 15) is 0 Å². The molecule has 114 valence electrons. The van der Waals surface area contributed by atoms with Crippen molar-refractivity contribution in [2.24, 2.45) is 0 Å². The van der Waals surface area contributed by atoms with Crippen LogP contribution in [0.3, 0.4) is 0 Å². The first kappa shape index (κ1) is 14.4. The van der Waals surface area contributed by atoms with E-state index in [2.05, 4.69) is 27.4 Å². The Morgan fingerprint density at radius 1 is 0.913 bits per heavy atom. The molecule has 0 saturated carbocycles. The monoisotopic (exact) mass is 340 g/mol. The van der Waals surface area contributed by atoms with Gasteiger partial charge < -0.3 is 0 Å². The molecule has 0 atom stereocenters. The van der Waals surface area contributed by atoms with E-state index >= 15 is 0 Å². The second-order valence-corrected chi connectivity index (χ2v) is 6.55. The molecule has 0 aliphatic carbocycles. The lowest BCUT2D eigenvalue weighted by Crippen LogP contribution is -1.99. The van der Waals surface area contributed by atoms with E-state index in [4.69, 9.17) is 11.6 Å². The Morgan fingerprint density at radius 3 is 2.52 bits per heavy atom. The number of aryl methyl sites for hydroxylation is 2. The molecule has 23 heavy (non-hydrogen) atoms. The maximum atomic E-state index is 6.26. The highest BCUT2D eigenvalue weighted by Gasteiger charge is 2.14. The zero-order valence-electron chi connectivity index (χ0n) is 12.2. The zero-order valence-corrected chi connectivity index (χ0v) is 13.8. The Bertz CT molecular complexity index is 946. The zero-order chi connectivity index (χ0) is 15.6. The van der Waals surface area contributed by atoms with E-state index in [1.165, 1.54) is 16.9 Å². The topological polar surface area (TPSA) is 43.1 Å². The van der Waals surface area contributed by atoms with E-state index in [0.29, 0.717) is 5.02 Å². The van der Waals surface area contributed by atoms with Gasteiger partial charge in [0.15, 0.2) is 5.82 Å². The fraction of sp³-hybridized carbons (Fsp3) is 0.118. The van der Waals surface area contributed by atoms with Gasteiger partial charge in [0.25, 0.3) is 0 Å². The molecule has 0 aliphatic rings. The van der Waals surface area contributed by atoms with Gasteiger partial charge in [-0.1, -0.05) is 71.5 Å². The number of hydrogen-bond donors (Lipinski definition) is 0. The van der Waals surface area contributed by atoms with Crippen molar-refractivity contribution in [1.82, 2.24) is 19.8 Å². The third kappa shape index (κ3) is 2.85. The summed E-state index contributed by atoms with van der Waals surface area (Å²) in [5.41, 5.74) is 2.21. The first-order valence-corrected chi connectivity index (χ1v) is 8.50. The fourth-order valence-electron chi connectivity index (χ4n) is 2.46.